The van der Waals surface area contributed by atoms with Crippen molar-refractivity contribution >= 4 is 6.16 Å². The summed E-state index contributed by atoms with van der Waals surface area (Å²) in [5.74, 6) is 0.266. The van der Waals surface area contributed by atoms with E-state index in [0.29, 0.717) is 13.2 Å². The summed E-state index contributed by atoms with van der Waals surface area (Å²) in [4.78, 5) is 10.8. The molecule has 1 fully saturated rings. The molecule has 0 spiro atoms. The van der Waals surface area contributed by atoms with Crippen molar-refractivity contribution in [2.24, 2.45) is 0 Å². The van der Waals surface area contributed by atoms with Crippen LogP contribution in [0.3, 0.4) is 0 Å². The first kappa shape index (κ1) is 9.06. The average Bonchev–Trinajstić information content (AvgIpc) is 2.44. The van der Waals surface area contributed by atoms with Crippen LogP contribution in [0.4, 0.5) is 4.79 Å². The lowest BCUT2D eigenvalue weighted by Gasteiger charge is -2.11. The summed E-state index contributed by atoms with van der Waals surface area (Å²) in [5, 5.41) is 0. The fourth-order valence-corrected chi connectivity index (χ4v) is 1.57. The number of rotatable bonds is 1. The minimum Gasteiger partial charge on any atom is -0.434 e. The van der Waals surface area contributed by atoms with Gasteiger partial charge in [0.15, 0.2) is 0 Å². The van der Waals surface area contributed by atoms with Gasteiger partial charge in [-0.15, -0.1) is 0 Å². The average molecular weight is 192 g/mol. The second-order valence-electron chi connectivity index (χ2n) is 3.31. The molecule has 1 aliphatic heterocycles. The molecule has 0 amide bonds. The van der Waals surface area contributed by atoms with Crippen molar-refractivity contribution in [1.29, 1.82) is 0 Å². The van der Waals surface area contributed by atoms with Gasteiger partial charge in [0.1, 0.15) is 6.61 Å². The number of carbonyl (C=O) groups excluding carboxylic acids is 1. The number of benzene rings is 1. The maximum Gasteiger partial charge on any atom is 0.508 e. The van der Waals surface area contributed by atoms with Crippen molar-refractivity contribution in [2.45, 2.75) is 12.3 Å². The van der Waals surface area contributed by atoms with Crippen LogP contribution in [0.25, 0.3) is 0 Å². The van der Waals surface area contributed by atoms with Crippen molar-refractivity contribution < 1.29 is 14.3 Å². The lowest BCUT2D eigenvalue weighted by atomic mass is 9.97. The van der Waals surface area contributed by atoms with Crippen LogP contribution in [0.5, 0.6) is 0 Å². The normalized spacial score (nSPS) is 22.0. The first-order valence-electron chi connectivity index (χ1n) is 4.71. The number of carbonyl (C=O) groups is 1. The smallest absolute Gasteiger partial charge is 0.434 e. The van der Waals surface area contributed by atoms with E-state index in [1.165, 1.54) is 5.56 Å². The van der Waals surface area contributed by atoms with Crippen LogP contribution in [0, 0.1) is 0 Å². The van der Waals surface area contributed by atoms with Gasteiger partial charge in [0.25, 0.3) is 0 Å². The van der Waals surface area contributed by atoms with Gasteiger partial charge in [0.2, 0.25) is 0 Å². The Morgan fingerprint density at radius 1 is 1.14 bits per heavy atom. The molecule has 1 atom stereocenters. The molecule has 3 heteroatoms. The minimum atomic E-state index is -0.552. The first-order valence-corrected chi connectivity index (χ1v) is 4.71. The van der Waals surface area contributed by atoms with Crippen molar-refractivity contribution in [2.75, 3.05) is 13.2 Å². The maximum atomic E-state index is 10.8. The van der Waals surface area contributed by atoms with Gasteiger partial charge in [-0.1, -0.05) is 30.3 Å². The summed E-state index contributed by atoms with van der Waals surface area (Å²) >= 11 is 0. The van der Waals surface area contributed by atoms with E-state index < -0.39 is 6.16 Å². The van der Waals surface area contributed by atoms with E-state index in [9.17, 15) is 4.79 Å². The highest BCUT2D eigenvalue weighted by atomic mass is 16.7. The van der Waals surface area contributed by atoms with E-state index in [1.54, 1.807) is 0 Å². The lowest BCUT2D eigenvalue weighted by molar-refractivity contribution is 0.0717. The second kappa shape index (κ2) is 4.13. The van der Waals surface area contributed by atoms with Gasteiger partial charge >= 0.3 is 6.16 Å². The number of cyclic esters (lactones) is 2. The fourth-order valence-electron chi connectivity index (χ4n) is 1.57. The molecule has 1 aromatic carbocycles. The predicted molar refractivity (Wildman–Crippen MR) is 51.1 cm³/mol. The third-order valence-corrected chi connectivity index (χ3v) is 2.36. The molecule has 0 aromatic heterocycles. The van der Waals surface area contributed by atoms with Crippen molar-refractivity contribution in [3.63, 3.8) is 0 Å². The van der Waals surface area contributed by atoms with Gasteiger partial charge in [-0.3, -0.25) is 0 Å². The molecule has 0 radical (unpaired) electrons. The highest BCUT2D eigenvalue weighted by molar-refractivity contribution is 5.60. The Labute approximate surface area is 82.6 Å². The molecule has 0 saturated carbocycles. The van der Waals surface area contributed by atoms with E-state index in [1.807, 2.05) is 30.3 Å². The molecule has 3 nitrogen and oxygen atoms in total. The molecule has 1 aromatic rings. The number of ether oxygens (including phenoxy) is 2. The van der Waals surface area contributed by atoms with Crippen LogP contribution in [-0.4, -0.2) is 19.4 Å². The minimum absolute atomic E-state index is 0.266. The molecule has 0 N–H and O–H groups in total. The Hall–Kier alpha value is -1.51. The zero-order valence-electron chi connectivity index (χ0n) is 7.81. The Morgan fingerprint density at radius 2 is 1.93 bits per heavy atom. The highest BCUT2D eigenvalue weighted by Crippen LogP contribution is 2.22. The first-order chi connectivity index (χ1) is 6.86. The molecule has 0 aliphatic carbocycles. The molecule has 1 saturated heterocycles. The second-order valence-corrected chi connectivity index (χ2v) is 3.31. The van der Waals surface area contributed by atoms with Gasteiger partial charge in [0.05, 0.1) is 6.61 Å². The summed E-state index contributed by atoms with van der Waals surface area (Å²) in [6.07, 6.45) is 0.277. The molecular weight excluding hydrogens is 180 g/mol. The highest BCUT2D eigenvalue weighted by Gasteiger charge is 2.19. The van der Waals surface area contributed by atoms with Gasteiger partial charge in [-0.2, -0.15) is 0 Å². The van der Waals surface area contributed by atoms with Crippen LogP contribution < -0.4 is 0 Å². The Kier molecular flexibility index (Phi) is 2.68. The van der Waals surface area contributed by atoms with Crippen molar-refractivity contribution in [3.8, 4) is 0 Å². The van der Waals surface area contributed by atoms with E-state index in [4.69, 9.17) is 9.47 Å². The standard InChI is InChI=1S/C11H12O3/c12-11-13-7-6-10(8-14-11)9-4-2-1-3-5-9/h1-5,10H,6-8H2. The van der Waals surface area contributed by atoms with E-state index in [-0.39, 0.29) is 5.92 Å². The fraction of sp³-hybridized carbons (Fsp3) is 0.364. The molecule has 14 heavy (non-hydrogen) atoms. The van der Waals surface area contributed by atoms with Crippen LogP contribution in [0.1, 0.15) is 17.9 Å². The van der Waals surface area contributed by atoms with Crippen molar-refractivity contribution in [3.05, 3.63) is 35.9 Å². The van der Waals surface area contributed by atoms with Crippen LogP contribution >= 0.6 is 0 Å². The monoisotopic (exact) mass is 192 g/mol. The molecule has 0 bridgehead atoms. The van der Waals surface area contributed by atoms with Crippen molar-refractivity contribution in [1.82, 2.24) is 0 Å². The van der Waals surface area contributed by atoms with E-state index in [0.717, 1.165) is 6.42 Å². The van der Waals surface area contributed by atoms with E-state index in [2.05, 4.69) is 0 Å². The third-order valence-electron chi connectivity index (χ3n) is 2.36. The number of hydrogen-bond donors (Lipinski definition) is 0. The molecule has 1 heterocycles. The predicted octanol–water partition coefficient (Wildman–Crippen LogP) is 2.33. The summed E-state index contributed by atoms with van der Waals surface area (Å²) in [7, 11) is 0. The van der Waals surface area contributed by atoms with Gasteiger partial charge in [-0.05, 0) is 12.0 Å². The zero-order valence-corrected chi connectivity index (χ0v) is 7.81. The summed E-state index contributed by atoms with van der Waals surface area (Å²) in [6, 6.07) is 10.0. The molecule has 2 rings (SSSR count). The largest absolute Gasteiger partial charge is 0.508 e. The van der Waals surface area contributed by atoms with E-state index >= 15 is 0 Å². The Bertz CT molecular complexity index is 308. The Balaban J connectivity index is 2.08. The van der Waals surface area contributed by atoms with Crippen LogP contribution in [-0.2, 0) is 9.47 Å². The SMILES string of the molecule is O=C1OCCC(c2ccccc2)CO1. The van der Waals surface area contributed by atoms with Gasteiger partial charge in [0, 0.05) is 5.92 Å². The molecule has 1 unspecified atom stereocenters. The number of hydrogen-bond acceptors (Lipinski definition) is 3. The summed E-state index contributed by atoms with van der Waals surface area (Å²) in [5.41, 5.74) is 1.20. The van der Waals surface area contributed by atoms with Crippen LogP contribution in [0.15, 0.2) is 30.3 Å². The third kappa shape index (κ3) is 2.05. The Morgan fingerprint density at radius 3 is 2.71 bits per heavy atom. The maximum absolute atomic E-state index is 10.8. The molecule has 1 aliphatic rings. The quantitative estimate of drug-likeness (QED) is 0.640. The topological polar surface area (TPSA) is 35.5 Å². The van der Waals surface area contributed by atoms with Gasteiger partial charge in [-0.25, -0.2) is 4.79 Å². The summed E-state index contributed by atoms with van der Waals surface area (Å²) in [6.45, 7) is 0.862. The lowest BCUT2D eigenvalue weighted by Crippen LogP contribution is -2.07. The molecular formula is C11H12O3. The molecule has 74 valence electrons. The zero-order chi connectivity index (χ0) is 9.80. The summed E-state index contributed by atoms with van der Waals surface area (Å²) < 4.78 is 9.70. The van der Waals surface area contributed by atoms with Crippen LogP contribution in [0.2, 0.25) is 0 Å². The van der Waals surface area contributed by atoms with Gasteiger partial charge < -0.3 is 9.47 Å².